The molecule has 0 radical (unpaired) electrons. The van der Waals surface area contributed by atoms with E-state index in [4.69, 9.17) is 4.74 Å². The Hall–Kier alpha value is -3.48. The van der Waals surface area contributed by atoms with Gasteiger partial charge in [0.25, 0.3) is 11.5 Å². The van der Waals surface area contributed by atoms with Crippen molar-refractivity contribution in [1.29, 1.82) is 0 Å². The molecule has 0 spiro atoms. The van der Waals surface area contributed by atoms with E-state index >= 15 is 0 Å². The lowest BCUT2D eigenvalue weighted by molar-refractivity contribution is -0.123. The third-order valence-electron chi connectivity index (χ3n) is 5.16. The van der Waals surface area contributed by atoms with Crippen LogP contribution in [0.4, 0.5) is 5.69 Å². The number of nitrogens with zero attached hydrogens (tertiary/aromatic N) is 2. The van der Waals surface area contributed by atoms with Crippen LogP contribution in [0.3, 0.4) is 0 Å². The molecule has 0 bridgehead atoms. The molecular formula is C23H25N3O4. The van der Waals surface area contributed by atoms with E-state index in [1.807, 2.05) is 24.3 Å². The molecule has 7 nitrogen and oxygen atoms in total. The van der Waals surface area contributed by atoms with Gasteiger partial charge in [-0.25, -0.2) is 9.48 Å². The van der Waals surface area contributed by atoms with E-state index < -0.39 is 18.0 Å². The maximum atomic E-state index is 12.7. The molecule has 3 rings (SSSR count). The summed E-state index contributed by atoms with van der Waals surface area (Å²) in [4.78, 5) is 37.6. The molecule has 156 valence electrons. The summed E-state index contributed by atoms with van der Waals surface area (Å²) in [6.07, 6.45) is -0.108. The van der Waals surface area contributed by atoms with Crippen molar-refractivity contribution < 1.29 is 14.3 Å². The Balaban J connectivity index is 1.80. The summed E-state index contributed by atoms with van der Waals surface area (Å²) in [5.41, 5.74) is 1.41. The number of fused-ring (bicyclic) bond motifs is 1. The minimum Gasteiger partial charge on any atom is -0.448 e. The highest BCUT2D eigenvalue weighted by molar-refractivity contribution is 6.03. The Kier molecular flexibility index (Phi) is 6.30. The van der Waals surface area contributed by atoms with Crippen molar-refractivity contribution in [2.45, 2.75) is 39.2 Å². The number of rotatable bonds is 6. The summed E-state index contributed by atoms with van der Waals surface area (Å²) >= 11 is 0. The zero-order chi connectivity index (χ0) is 21.8. The van der Waals surface area contributed by atoms with E-state index in [1.165, 1.54) is 14.0 Å². The van der Waals surface area contributed by atoms with Crippen LogP contribution >= 0.6 is 0 Å². The van der Waals surface area contributed by atoms with Gasteiger partial charge in [-0.3, -0.25) is 9.59 Å². The third-order valence-corrected chi connectivity index (χ3v) is 5.16. The van der Waals surface area contributed by atoms with E-state index in [1.54, 1.807) is 24.3 Å². The number of esters is 1. The van der Waals surface area contributed by atoms with E-state index in [0.717, 1.165) is 16.7 Å². The van der Waals surface area contributed by atoms with Gasteiger partial charge in [-0.05, 0) is 37.0 Å². The van der Waals surface area contributed by atoms with Crippen molar-refractivity contribution in [3.05, 3.63) is 70.1 Å². The molecule has 7 heteroatoms. The van der Waals surface area contributed by atoms with Crippen LogP contribution in [-0.4, -0.2) is 27.8 Å². The second-order valence-corrected chi connectivity index (χ2v) is 7.26. The van der Waals surface area contributed by atoms with Crippen LogP contribution in [0.1, 0.15) is 49.2 Å². The normalized spacial score (nSPS) is 12.9. The summed E-state index contributed by atoms with van der Waals surface area (Å²) < 4.78 is 6.46. The lowest BCUT2D eigenvalue weighted by atomic mass is 9.97. The fourth-order valence-corrected chi connectivity index (χ4v) is 3.22. The fourth-order valence-electron chi connectivity index (χ4n) is 3.22. The van der Waals surface area contributed by atoms with E-state index in [0.29, 0.717) is 16.5 Å². The smallest absolute Gasteiger partial charge is 0.360 e. The fraction of sp³-hybridized carbons (Fsp3) is 0.304. The lowest BCUT2D eigenvalue weighted by Crippen LogP contribution is -2.31. The number of ether oxygens (including phenoxy) is 1. The predicted octanol–water partition coefficient (Wildman–Crippen LogP) is 3.63. The Morgan fingerprint density at radius 2 is 1.70 bits per heavy atom. The van der Waals surface area contributed by atoms with Crippen molar-refractivity contribution in [3.63, 3.8) is 0 Å². The monoisotopic (exact) mass is 407 g/mol. The number of benzene rings is 2. The SMILES string of the molecule is CC[C@@H](C)c1ccccc1NC(=O)[C@@H](C)OC(=O)c1nn(C)c(=O)c2ccccc12. The summed E-state index contributed by atoms with van der Waals surface area (Å²) in [6, 6.07) is 14.3. The van der Waals surface area contributed by atoms with Crippen molar-refractivity contribution >= 4 is 28.3 Å². The van der Waals surface area contributed by atoms with Crippen molar-refractivity contribution in [3.8, 4) is 0 Å². The first-order valence-electron chi connectivity index (χ1n) is 9.90. The minimum atomic E-state index is -1.04. The first-order valence-corrected chi connectivity index (χ1v) is 9.90. The van der Waals surface area contributed by atoms with Crippen LogP contribution in [0.25, 0.3) is 10.8 Å². The molecule has 0 saturated heterocycles. The van der Waals surface area contributed by atoms with Gasteiger partial charge in [0.1, 0.15) is 0 Å². The van der Waals surface area contributed by atoms with Crippen LogP contribution in [0.5, 0.6) is 0 Å². The number of carbonyl (C=O) groups excluding carboxylic acids is 2. The van der Waals surface area contributed by atoms with Gasteiger partial charge in [0.05, 0.1) is 5.39 Å². The molecule has 2 atom stereocenters. The highest BCUT2D eigenvalue weighted by Crippen LogP contribution is 2.26. The van der Waals surface area contributed by atoms with E-state index in [2.05, 4.69) is 24.3 Å². The number of nitrogens with one attached hydrogen (secondary N) is 1. The number of hydrogen-bond donors (Lipinski definition) is 1. The predicted molar refractivity (Wildman–Crippen MR) is 116 cm³/mol. The molecule has 1 N–H and O–H groups in total. The summed E-state index contributed by atoms with van der Waals surface area (Å²) in [5, 5.41) is 7.64. The second kappa shape index (κ2) is 8.90. The number of carbonyl (C=O) groups is 2. The molecule has 1 aromatic heterocycles. The molecule has 30 heavy (non-hydrogen) atoms. The summed E-state index contributed by atoms with van der Waals surface area (Å²) in [7, 11) is 1.47. The largest absolute Gasteiger partial charge is 0.448 e. The van der Waals surface area contributed by atoms with Crippen LogP contribution in [0.2, 0.25) is 0 Å². The maximum Gasteiger partial charge on any atom is 0.360 e. The lowest BCUT2D eigenvalue weighted by Gasteiger charge is -2.18. The summed E-state index contributed by atoms with van der Waals surface area (Å²) in [5.74, 6) is -0.923. The topological polar surface area (TPSA) is 90.3 Å². The van der Waals surface area contributed by atoms with Crippen LogP contribution in [0, 0.1) is 0 Å². The zero-order valence-corrected chi connectivity index (χ0v) is 17.5. The Morgan fingerprint density at radius 1 is 1.07 bits per heavy atom. The first kappa shape index (κ1) is 21.2. The first-order chi connectivity index (χ1) is 14.3. The van der Waals surface area contributed by atoms with E-state index in [9.17, 15) is 14.4 Å². The molecule has 1 heterocycles. The Bertz CT molecular complexity index is 1150. The number of aryl methyl sites for hydroxylation is 1. The second-order valence-electron chi connectivity index (χ2n) is 7.26. The highest BCUT2D eigenvalue weighted by atomic mass is 16.5. The van der Waals surface area contributed by atoms with Gasteiger partial charge in [-0.1, -0.05) is 50.2 Å². The summed E-state index contributed by atoms with van der Waals surface area (Å²) in [6.45, 7) is 5.67. The van der Waals surface area contributed by atoms with Crippen molar-refractivity contribution in [2.75, 3.05) is 5.32 Å². The van der Waals surface area contributed by atoms with Crippen molar-refractivity contribution in [2.24, 2.45) is 7.05 Å². The average molecular weight is 407 g/mol. The molecule has 3 aromatic rings. The van der Waals surface area contributed by atoms with Gasteiger partial charge in [-0.15, -0.1) is 0 Å². The minimum absolute atomic E-state index is 0.00708. The zero-order valence-electron chi connectivity index (χ0n) is 17.5. The molecule has 0 saturated carbocycles. The molecular weight excluding hydrogens is 382 g/mol. The van der Waals surface area contributed by atoms with E-state index in [-0.39, 0.29) is 17.2 Å². The van der Waals surface area contributed by atoms with Gasteiger partial charge in [-0.2, -0.15) is 5.10 Å². The van der Waals surface area contributed by atoms with Gasteiger partial charge in [0.15, 0.2) is 11.8 Å². The van der Waals surface area contributed by atoms with Gasteiger partial charge < -0.3 is 10.1 Å². The highest BCUT2D eigenvalue weighted by Gasteiger charge is 2.23. The Labute approximate surface area is 174 Å². The molecule has 1 amide bonds. The molecule has 0 aliphatic carbocycles. The molecule has 0 fully saturated rings. The van der Waals surface area contributed by atoms with Crippen LogP contribution < -0.4 is 10.9 Å². The van der Waals surface area contributed by atoms with Gasteiger partial charge in [0, 0.05) is 18.1 Å². The molecule has 0 unspecified atom stereocenters. The van der Waals surface area contributed by atoms with Crippen molar-refractivity contribution in [1.82, 2.24) is 9.78 Å². The van der Waals surface area contributed by atoms with Gasteiger partial charge >= 0.3 is 5.97 Å². The van der Waals surface area contributed by atoms with Crippen LogP contribution in [-0.2, 0) is 16.6 Å². The molecule has 0 aliphatic heterocycles. The molecule has 2 aromatic carbocycles. The number of hydrogen-bond acceptors (Lipinski definition) is 5. The number of para-hydroxylation sites is 1. The number of amides is 1. The maximum absolute atomic E-state index is 12.7. The number of anilines is 1. The third kappa shape index (κ3) is 4.25. The Morgan fingerprint density at radius 3 is 2.40 bits per heavy atom. The standard InChI is InChI=1S/C23H25N3O4/c1-5-14(2)16-10-8-9-13-19(16)24-21(27)15(3)30-23(29)20-17-11-6-7-12-18(17)22(28)26(4)25-20/h6-15H,5H2,1-4H3,(H,24,27)/t14-,15-/m1/s1. The van der Waals surface area contributed by atoms with Gasteiger partial charge in [0.2, 0.25) is 0 Å². The molecule has 0 aliphatic rings. The number of aromatic nitrogens is 2. The van der Waals surface area contributed by atoms with Crippen LogP contribution in [0.15, 0.2) is 53.3 Å². The average Bonchev–Trinajstić information content (AvgIpc) is 2.75. The quantitative estimate of drug-likeness (QED) is 0.630.